The molecule has 0 bridgehead atoms. The smallest absolute Gasteiger partial charge is 0.138 e. The Morgan fingerprint density at radius 2 is 1.61 bits per heavy atom. The second-order valence-electron chi connectivity index (χ2n) is 7.01. The lowest BCUT2D eigenvalue weighted by Gasteiger charge is -2.30. The first-order valence-corrected chi connectivity index (χ1v) is 10.1. The third-order valence-corrected chi connectivity index (χ3v) is 5.12. The molecule has 31 heavy (non-hydrogen) atoms. The molecule has 3 aromatic carbocycles. The fraction of sp³-hybridized carbons (Fsp3) is 0.111. The monoisotopic (exact) mass is 404 g/mol. The van der Waals surface area contributed by atoms with Gasteiger partial charge in [-0.25, -0.2) is 0 Å². The molecular formula is C27H20N2O2. The Hall–Kier alpha value is -4.28. The minimum absolute atomic E-state index is 0.0300. The van der Waals surface area contributed by atoms with Crippen LogP contribution in [0, 0.1) is 22.7 Å². The average molecular weight is 404 g/mol. The van der Waals surface area contributed by atoms with E-state index in [1.165, 1.54) is 0 Å². The predicted octanol–water partition coefficient (Wildman–Crippen LogP) is 5.99. The molecule has 4 heteroatoms. The highest BCUT2D eigenvalue weighted by atomic mass is 16.5. The van der Waals surface area contributed by atoms with Crippen LogP contribution in [0.3, 0.4) is 0 Å². The largest absolute Gasteiger partial charge is 0.494 e. The summed E-state index contributed by atoms with van der Waals surface area (Å²) in [5, 5.41) is 18.9. The number of hydrogen-bond donors (Lipinski definition) is 0. The van der Waals surface area contributed by atoms with Crippen LogP contribution in [-0.2, 0) is 0 Å². The molecule has 3 aromatic rings. The normalized spacial score (nSPS) is 14.5. The van der Waals surface area contributed by atoms with Crippen LogP contribution in [0.2, 0.25) is 0 Å². The second kappa shape index (κ2) is 9.03. The van der Waals surface area contributed by atoms with Crippen LogP contribution in [0.1, 0.15) is 29.5 Å². The molecule has 0 aliphatic carbocycles. The van der Waals surface area contributed by atoms with E-state index in [1.54, 1.807) is 6.08 Å². The van der Waals surface area contributed by atoms with Gasteiger partial charge in [0, 0.05) is 22.6 Å². The van der Waals surface area contributed by atoms with Crippen molar-refractivity contribution in [3.05, 3.63) is 113 Å². The van der Waals surface area contributed by atoms with Gasteiger partial charge in [0.2, 0.25) is 0 Å². The summed E-state index contributed by atoms with van der Waals surface area (Å²) in [6.45, 7) is 2.53. The van der Waals surface area contributed by atoms with Gasteiger partial charge >= 0.3 is 0 Å². The van der Waals surface area contributed by atoms with E-state index in [4.69, 9.17) is 9.47 Å². The minimum Gasteiger partial charge on any atom is -0.494 e. The lowest BCUT2D eigenvalue weighted by atomic mass is 9.80. The number of nitriles is 2. The highest BCUT2D eigenvalue weighted by Gasteiger charge is 2.30. The molecule has 1 heterocycles. The Morgan fingerprint density at radius 3 is 2.29 bits per heavy atom. The third kappa shape index (κ3) is 4.06. The first-order valence-electron chi connectivity index (χ1n) is 10.1. The van der Waals surface area contributed by atoms with Gasteiger partial charge < -0.3 is 9.47 Å². The zero-order valence-corrected chi connectivity index (χ0v) is 17.1. The topological polar surface area (TPSA) is 66.0 Å². The number of rotatable bonds is 5. The Bertz CT molecular complexity index is 1210. The van der Waals surface area contributed by atoms with Crippen LogP contribution in [-0.4, -0.2) is 6.61 Å². The van der Waals surface area contributed by atoms with Crippen molar-refractivity contribution in [2.45, 2.75) is 12.8 Å². The number of nitrogens with zero attached hydrogens (tertiary/aromatic N) is 2. The molecule has 0 unspecified atom stereocenters. The maximum Gasteiger partial charge on any atom is 0.138 e. The van der Waals surface area contributed by atoms with Crippen molar-refractivity contribution in [2.75, 3.05) is 6.61 Å². The quantitative estimate of drug-likeness (QED) is 0.490. The summed E-state index contributed by atoms with van der Waals surface area (Å²) in [7, 11) is 0. The summed E-state index contributed by atoms with van der Waals surface area (Å²) in [6, 6.07) is 29.5. The van der Waals surface area contributed by atoms with Gasteiger partial charge in [0.1, 0.15) is 35.0 Å². The Balaban J connectivity index is 1.97. The summed E-state index contributed by atoms with van der Waals surface area (Å²) < 4.78 is 11.9. The average Bonchev–Trinajstić information content (AvgIpc) is 2.83. The SMILES string of the molecule is CCOc1ccc(C2=C(C=C(C#N)C#N)[C@@H](c3ccccc3)c3ccccc3O2)cc1. The molecule has 0 fully saturated rings. The summed E-state index contributed by atoms with van der Waals surface area (Å²) in [5.41, 5.74) is 3.70. The standard InChI is InChI=1S/C27H20N2O2/c1-2-30-22-14-12-21(13-15-22)27-24(16-19(17-28)18-29)26(20-8-4-3-5-9-20)23-10-6-7-11-25(23)31-27/h3-16,26H,2H2,1H3/t26-/m0/s1. The summed E-state index contributed by atoms with van der Waals surface area (Å²) in [4.78, 5) is 0. The highest BCUT2D eigenvalue weighted by molar-refractivity contribution is 5.75. The van der Waals surface area contributed by atoms with Crippen LogP contribution in [0.4, 0.5) is 0 Å². The number of benzene rings is 3. The molecule has 0 aromatic heterocycles. The van der Waals surface area contributed by atoms with Crippen LogP contribution in [0.25, 0.3) is 5.76 Å². The lowest BCUT2D eigenvalue weighted by molar-refractivity contribution is 0.340. The van der Waals surface area contributed by atoms with Crippen molar-refractivity contribution in [2.24, 2.45) is 0 Å². The number of para-hydroxylation sites is 1. The summed E-state index contributed by atoms with van der Waals surface area (Å²) in [5.74, 6) is 1.98. The van der Waals surface area contributed by atoms with Crippen molar-refractivity contribution in [1.82, 2.24) is 0 Å². The Kier molecular flexibility index (Phi) is 5.83. The van der Waals surface area contributed by atoms with E-state index in [0.717, 1.165) is 33.8 Å². The number of hydrogen-bond acceptors (Lipinski definition) is 4. The van der Waals surface area contributed by atoms with Gasteiger partial charge in [-0.1, -0.05) is 48.5 Å². The minimum atomic E-state index is -0.176. The number of fused-ring (bicyclic) bond motifs is 1. The summed E-state index contributed by atoms with van der Waals surface area (Å²) in [6.07, 6.45) is 1.64. The van der Waals surface area contributed by atoms with E-state index >= 15 is 0 Å². The van der Waals surface area contributed by atoms with Gasteiger partial charge in [-0.2, -0.15) is 10.5 Å². The molecule has 0 amide bonds. The Labute approximate surface area is 181 Å². The Morgan fingerprint density at radius 1 is 0.935 bits per heavy atom. The van der Waals surface area contributed by atoms with Crippen LogP contribution in [0.15, 0.2) is 96.1 Å². The van der Waals surface area contributed by atoms with E-state index in [-0.39, 0.29) is 11.5 Å². The molecule has 4 nitrogen and oxygen atoms in total. The van der Waals surface area contributed by atoms with Gasteiger partial charge in [-0.3, -0.25) is 0 Å². The molecule has 1 aliphatic rings. The van der Waals surface area contributed by atoms with E-state index in [2.05, 4.69) is 12.1 Å². The van der Waals surface area contributed by atoms with Gasteiger partial charge in [-0.15, -0.1) is 0 Å². The van der Waals surface area contributed by atoms with Gasteiger partial charge in [-0.05, 0) is 48.9 Å². The molecular weight excluding hydrogens is 384 g/mol. The van der Waals surface area contributed by atoms with Crippen LogP contribution < -0.4 is 9.47 Å². The van der Waals surface area contributed by atoms with E-state index < -0.39 is 0 Å². The number of ether oxygens (including phenoxy) is 2. The molecule has 1 aliphatic heterocycles. The van der Waals surface area contributed by atoms with Crippen molar-refractivity contribution in [3.8, 4) is 23.6 Å². The van der Waals surface area contributed by atoms with Crippen molar-refractivity contribution < 1.29 is 9.47 Å². The van der Waals surface area contributed by atoms with Crippen LogP contribution >= 0.6 is 0 Å². The molecule has 4 rings (SSSR count). The second-order valence-corrected chi connectivity index (χ2v) is 7.01. The molecule has 1 atom stereocenters. The molecule has 150 valence electrons. The molecule has 0 radical (unpaired) electrons. The predicted molar refractivity (Wildman–Crippen MR) is 119 cm³/mol. The van der Waals surface area contributed by atoms with E-state index in [0.29, 0.717) is 12.4 Å². The first-order chi connectivity index (χ1) is 15.2. The van der Waals surface area contributed by atoms with Gasteiger partial charge in [0.05, 0.1) is 6.61 Å². The fourth-order valence-corrected chi connectivity index (χ4v) is 3.77. The zero-order chi connectivity index (χ0) is 21.6. The molecule has 0 spiro atoms. The van der Waals surface area contributed by atoms with Crippen molar-refractivity contribution >= 4 is 5.76 Å². The van der Waals surface area contributed by atoms with E-state index in [1.807, 2.05) is 85.8 Å². The maximum absolute atomic E-state index is 9.44. The van der Waals surface area contributed by atoms with Crippen molar-refractivity contribution in [1.29, 1.82) is 10.5 Å². The first kappa shape index (κ1) is 20.0. The number of allylic oxidation sites excluding steroid dienone is 3. The fourth-order valence-electron chi connectivity index (χ4n) is 3.77. The lowest BCUT2D eigenvalue weighted by Crippen LogP contribution is -2.16. The molecule has 0 N–H and O–H groups in total. The van der Waals surface area contributed by atoms with Gasteiger partial charge in [0.25, 0.3) is 0 Å². The highest BCUT2D eigenvalue weighted by Crippen LogP contribution is 2.46. The zero-order valence-electron chi connectivity index (χ0n) is 17.1. The maximum atomic E-state index is 9.44. The molecule has 0 saturated heterocycles. The third-order valence-electron chi connectivity index (χ3n) is 5.12. The van der Waals surface area contributed by atoms with Crippen LogP contribution in [0.5, 0.6) is 11.5 Å². The summed E-state index contributed by atoms with van der Waals surface area (Å²) >= 11 is 0. The van der Waals surface area contributed by atoms with Crippen molar-refractivity contribution in [3.63, 3.8) is 0 Å². The van der Waals surface area contributed by atoms with Gasteiger partial charge in [0.15, 0.2) is 0 Å². The van der Waals surface area contributed by atoms with E-state index in [9.17, 15) is 10.5 Å². The molecule has 0 saturated carbocycles.